The number of anilines is 2. The van der Waals surface area contributed by atoms with Gasteiger partial charge in [0.25, 0.3) is 0 Å². The number of carbonyl (C=O) groups is 1. The smallest absolute Gasteiger partial charge is 0.224 e. The highest BCUT2D eigenvalue weighted by molar-refractivity contribution is 5.95. The van der Waals surface area contributed by atoms with Crippen LogP contribution in [0, 0.1) is 0 Å². The molecule has 0 saturated carbocycles. The summed E-state index contributed by atoms with van der Waals surface area (Å²) in [5, 5.41) is 2.97. The lowest BCUT2D eigenvalue weighted by Crippen LogP contribution is -2.53. The Balaban J connectivity index is 1.26. The zero-order chi connectivity index (χ0) is 20.1. The number of benzene rings is 2. The number of hydrogen-bond donors (Lipinski definition) is 1. The van der Waals surface area contributed by atoms with Crippen LogP contribution in [0.25, 0.3) is 0 Å². The summed E-state index contributed by atoms with van der Waals surface area (Å²) in [6.45, 7) is 7.24. The maximum atomic E-state index is 11.7. The minimum Gasteiger partial charge on any atom is -0.491 e. The van der Waals surface area contributed by atoms with Gasteiger partial charge in [0.15, 0.2) is 0 Å². The van der Waals surface area contributed by atoms with E-state index in [0.717, 1.165) is 56.9 Å². The highest BCUT2D eigenvalue weighted by Gasteiger charge is 2.25. The first kappa shape index (κ1) is 19.8. The highest BCUT2D eigenvalue weighted by Crippen LogP contribution is 2.32. The zero-order valence-electron chi connectivity index (χ0n) is 17.3. The molecule has 1 atom stereocenters. The van der Waals surface area contributed by atoms with Crippen molar-refractivity contribution in [2.24, 2.45) is 0 Å². The van der Waals surface area contributed by atoms with Gasteiger partial charge in [-0.05, 0) is 43.0 Å². The van der Waals surface area contributed by atoms with Crippen molar-refractivity contribution in [2.45, 2.75) is 38.6 Å². The Morgan fingerprint density at radius 2 is 1.93 bits per heavy atom. The second-order valence-corrected chi connectivity index (χ2v) is 7.93. The van der Waals surface area contributed by atoms with Crippen LogP contribution in [0.15, 0.2) is 48.5 Å². The van der Waals surface area contributed by atoms with Crippen molar-refractivity contribution in [3.05, 3.63) is 54.1 Å². The van der Waals surface area contributed by atoms with E-state index >= 15 is 0 Å². The summed E-state index contributed by atoms with van der Waals surface area (Å²) in [6, 6.07) is 17.3. The fraction of sp³-hybridized carbons (Fsp3) is 0.458. The molecule has 5 heteroatoms. The molecule has 0 aromatic heterocycles. The molecule has 2 aromatic carbocycles. The predicted octanol–water partition coefficient (Wildman–Crippen LogP) is 3.94. The number of fused-ring (bicyclic) bond motifs is 1. The Morgan fingerprint density at radius 3 is 2.76 bits per heavy atom. The summed E-state index contributed by atoms with van der Waals surface area (Å²) >= 11 is 0. The lowest BCUT2D eigenvalue weighted by atomic mass is 10.0. The van der Waals surface area contributed by atoms with Gasteiger partial charge in [-0.3, -0.25) is 9.69 Å². The van der Waals surface area contributed by atoms with Crippen LogP contribution in [-0.2, 0) is 11.2 Å². The number of nitrogens with zero attached hydrogens (tertiary/aromatic N) is 2. The molecule has 29 heavy (non-hydrogen) atoms. The standard InChI is InChI=1S/C24H31N3O2/c1-2-20-18-26(15-16-27(20)21-9-4-3-5-10-21)14-7-17-29-22-11-6-8-19-12-13-23(28)25-24(19)22/h3-6,8-11,20H,2,7,12-18H2,1H3,(H,25,28). The highest BCUT2D eigenvalue weighted by atomic mass is 16.5. The second kappa shape index (κ2) is 9.31. The predicted molar refractivity (Wildman–Crippen MR) is 118 cm³/mol. The SMILES string of the molecule is CCC1CN(CCCOc2cccc3c2NC(=O)CC3)CCN1c1ccccc1. The molecule has 1 amide bonds. The molecule has 0 spiro atoms. The normalized spacial score (nSPS) is 19.6. The van der Waals surface area contributed by atoms with Crippen molar-refractivity contribution in [3.8, 4) is 5.75 Å². The van der Waals surface area contributed by atoms with Gasteiger partial charge in [0.05, 0.1) is 12.3 Å². The lowest BCUT2D eigenvalue weighted by Gasteiger charge is -2.42. The Kier molecular flexibility index (Phi) is 6.35. The van der Waals surface area contributed by atoms with Crippen LogP contribution in [-0.4, -0.2) is 49.6 Å². The van der Waals surface area contributed by atoms with Crippen LogP contribution in [0.4, 0.5) is 11.4 Å². The molecule has 154 valence electrons. The van der Waals surface area contributed by atoms with Gasteiger partial charge in [-0.15, -0.1) is 0 Å². The number of hydrogen-bond acceptors (Lipinski definition) is 4. The van der Waals surface area contributed by atoms with Gasteiger partial charge in [-0.2, -0.15) is 0 Å². The molecule has 2 aliphatic heterocycles. The monoisotopic (exact) mass is 393 g/mol. The summed E-state index contributed by atoms with van der Waals surface area (Å²) in [5.74, 6) is 0.881. The number of carbonyl (C=O) groups excluding carboxylic acids is 1. The van der Waals surface area contributed by atoms with Crippen LogP contribution >= 0.6 is 0 Å². The van der Waals surface area contributed by atoms with Crippen molar-refractivity contribution >= 4 is 17.3 Å². The van der Waals surface area contributed by atoms with E-state index in [0.29, 0.717) is 19.1 Å². The van der Waals surface area contributed by atoms with Crippen LogP contribution in [0.2, 0.25) is 0 Å². The Labute approximate surface area is 173 Å². The van der Waals surface area contributed by atoms with Crippen LogP contribution in [0.5, 0.6) is 5.75 Å². The number of amides is 1. The van der Waals surface area contributed by atoms with Crippen LogP contribution < -0.4 is 15.0 Å². The molecule has 1 unspecified atom stereocenters. The van der Waals surface area contributed by atoms with E-state index in [-0.39, 0.29) is 5.91 Å². The van der Waals surface area contributed by atoms with E-state index in [9.17, 15) is 4.79 Å². The first-order chi connectivity index (χ1) is 14.2. The maximum absolute atomic E-state index is 11.7. The molecule has 1 fully saturated rings. The Bertz CT molecular complexity index is 824. The van der Waals surface area contributed by atoms with Gasteiger partial charge in [-0.25, -0.2) is 0 Å². The summed E-state index contributed by atoms with van der Waals surface area (Å²) in [7, 11) is 0. The lowest BCUT2D eigenvalue weighted by molar-refractivity contribution is -0.116. The number of piperazine rings is 1. The molecule has 4 rings (SSSR count). The van der Waals surface area contributed by atoms with Gasteiger partial charge in [0, 0.05) is 44.3 Å². The Morgan fingerprint density at radius 1 is 1.07 bits per heavy atom. The third kappa shape index (κ3) is 4.73. The molecule has 2 aliphatic rings. The molecule has 1 saturated heterocycles. The quantitative estimate of drug-likeness (QED) is 0.724. The average molecular weight is 394 g/mol. The molecule has 2 aromatic rings. The summed E-state index contributed by atoms with van der Waals surface area (Å²) in [6.07, 6.45) is 3.49. The molecule has 0 aliphatic carbocycles. The minimum atomic E-state index is 0.0791. The van der Waals surface area contributed by atoms with Gasteiger partial charge in [-0.1, -0.05) is 37.3 Å². The molecule has 1 N–H and O–H groups in total. The maximum Gasteiger partial charge on any atom is 0.224 e. The van der Waals surface area contributed by atoms with E-state index < -0.39 is 0 Å². The van der Waals surface area contributed by atoms with Crippen molar-refractivity contribution in [2.75, 3.05) is 43.0 Å². The van der Waals surface area contributed by atoms with E-state index in [1.807, 2.05) is 12.1 Å². The molecule has 0 bridgehead atoms. The third-order valence-electron chi connectivity index (χ3n) is 6.00. The summed E-state index contributed by atoms with van der Waals surface area (Å²) in [4.78, 5) is 16.8. The minimum absolute atomic E-state index is 0.0791. The summed E-state index contributed by atoms with van der Waals surface area (Å²) < 4.78 is 6.04. The van der Waals surface area contributed by atoms with Gasteiger partial charge < -0.3 is 15.0 Å². The fourth-order valence-corrected chi connectivity index (χ4v) is 4.40. The average Bonchev–Trinajstić information content (AvgIpc) is 2.77. The summed E-state index contributed by atoms with van der Waals surface area (Å²) in [5.41, 5.74) is 3.37. The van der Waals surface area contributed by atoms with Crippen LogP contribution in [0.3, 0.4) is 0 Å². The number of aryl methyl sites for hydroxylation is 1. The van der Waals surface area contributed by atoms with Crippen molar-refractivity contribution in [3.63, 3.8) is 0 Å². The van der Waals surface area contributed by atoms with Gasteiger partial charge in [0.2, 0.25) is 5.91 Å². The number of ether oxygens (including phenoxy) is 1. The second-order valence-electron chi connectivity index (χ2n) is 7.93. The van der Waals surface area contributed by atoms with Crippen molar-refractivity contribution < 1.29 is 9.53 Å². The molecule has 0 radical (unpaired) electrons. The molecule has 2 heterocycles. The molecular formula is C24H31N3O2. The van der Waals surface area contributed by atoms with Crippen LogP contribution in [0.1, 0.15) is 31.7 Å². The number of para-hydroxylation sites is 2. The topological polar surface area (TPSA) is 44.8 Å². The van der Waals surface area contributed by atoms with Crippen molar-refractivity contribution in [1.82, 2.24) is 4.90 Å². The van der Waals surface area contributed by atoms with E-state index in [2.05, 4.69) is 58.4 Å². The molecular weight excluding hydrogens is 362 g/mol. The third-order valence-corrected chi connectivity index (χ3v) is 6.00. The zero-order valence-corrected chi connectivity index (χ0v) is 17.3. The first-order valence-electron chi connectivity index (χ1n) is 10.8. The molecule has 5 nitrogen and oxygen atoms in total. The van der Waals surface area contributed by atoms with E-state index in [4.69, 9.17) is 4.74 Å². The van der Waals surface area contributed by atoms with Crippen molar-refractivity contribution in [1.29, 1.82) is 0 Å². The van der Waals surface area contributed by atoms with Gasteiger partial charge >= 0.3 is 0 Å². The van der Waals surface area contributed by atoms with Gasteiger partial charge in [0.1, 0.15) is 5.75 Å². The fourth-order valence-electron chi connectivity index (χ4n) is 4.40. The van der Waals surface area contributed by atoms with E-state index in [1.54, 1.807) is 0 Å². The Hall–Kier alpha value is -2.53. The largest absolute Gasteiger partial charge is 0.491 e. The van der Waals surface area contributed by atoms with E-state index in [1.165, 1.54) is 11.3 Å². The number of nitrogens with one attached hydrogen (secondary N) is 1. The first-order valence-corrected chi connectivity index (χ1v) is 10.8. The number of rotatable bonds is 7.